The summed E-state index contributed by atoms with van der Waals surface area (Å²) in [5.74, 6) is -1.33. The maximum atomic E-state index is 11.4. The van der Waals surface area contributed by atoms with Crippen LogP contribution >= 0.6 is 11.3 Å². The van der Waals surface area contributed by atoms with Gasteiger partial charge in [-0.3, -0.25) is 14.9 Å². The molecule has 8 heteroatoms. The Bertz CT molecular complexity index is 715. The lowest BCUT2D eigenvalue weighted by atomic mass is 9.97. The van der Waals surface area contributed by atoms with Crippen molar-refractivity contribution in [3.63, 3.8) is 0 Å². The monoisotopic (exact) mass is 307 g/mol. The smallest absolute Gasteiger partial charge is 0.319 e. The standard InChI is InChI=1S/C13H13N3O4S/c17-13(18)8-2-1-5-15(6-8)9-3-4-10-11(14-7-21-10)12(9)16(19)20/h3-4,7-8H,1-2,5-6H2,(H,17,18). The molecule has 0 amide bonds. The molecule has 0 radical (unpaired) electrons. The van der Waals surface area contributed by atoms with Crippen LogP contribution in [-0.2, 0) is 4.79 Å². The Kier molecular flexibility index (Phi) is 3.46. The maximum Gasteiger partial charge on any atom is 0.319 e. The van der Waals surface area contributed by atoms with Gasteiger partial charge in [0, 0.05) is 13.1 Å². The van der Waals surface area contributed by atoms with Crippen LogP contribution in [-0.4, -0.2) is 34.1 Å². The number of thiazole rings is 1. The van der Waals surface area contributed by atoms with Crippen LogP contribution in [0.5, 0.6) is 0 Å². The number of hydrogen-bond donors (Lipinski definition) is 1. The van der Waals surface area contributed by atoms with Crippen LogP contribution in [0.3, 0.4) is 0 Å². The number of nitrogens with zero attached hydrogens (tertiary/aromatic N) is 3. The summed E-state index contributed by atoms with van der Waals surface area (Å²) >= 11 is 1.35. The molecule has 1 aromatic heterocycles. The Morgan fingerprint density at radius 1 is 1.52 bits per heavy atom. The Labute approximate surface area is 124 Å². The maximum absolute atomic E-state index is 11.4. The minimum absolute atomic E-state index is 0.0280. The number of nitro benzene ring substituents is 1. The number of fused-ring (bicyclic) bond motifs is 1. The number of rotatable bonds is 3. The number of aliphatic carboxylic acids is 1. The summed E-state index contributed by atoms with van der Waals surface area (Å²) in [5, 5.41) is 20.6. The SMILES string of the molecule is O=C(O)C1CCCN(c2ccc3scnc3c2[N+](=O)[O-])C1. The molecule has 110 valence electrons. The molecule has 21 heavy (non-hydrogen) atoms. The summed E-state index contributed by atoms with van der Waals surface area (Å²) in [6, 6.07) is 3.50. The molecule has 0 aliphatic carbocycles. The molecule has 1 aromatic carbocycles. The quantitative estimate of drug-likeness (QED) is 0.691. The first-order valence-corrected chi connectivity index (χ1v) is 7.44. The van der Waals surface area contributed by atoms with Crippen molar-refractivity contribution >= 4 is 38.9 Å². The van der Waals surface area contributed by atoms with Crippen molar-refractivity contribution in [3.05, 3.63) is 27.8 Å². The van der Waals surface area contributed by atoms with Gasteiger partial charge < -0.3 is 10.0 Å². The van der Waals surface area contributed by atoms with E-state index < -0.39 is 16.8 Å². The van der Waals surface area contributed by atoms with Gasteiger partial charge in [0.25, 0.3) is 0 Å². The molecule has 1 unspecified atom stereocenters. The van der Waals surface area contributed by atoms with E-state index >= 15 is 0 Å². The van der Waals surface area contributed by atoms with Crippen LogP contribution in [0.25, 0.3) is 10.2 Å². The highest BCUT2D eigenvalue weighted by atomic mass is 32.1. The summed E-state index contributed by atoms with van der Waals surface area (Å²) in [6.45, 7) is 0.923. The van der Waals surface area contributed by atoms with E-state index in [1.54, 1.807) is 22.5 Å². The molecule has 1 saturated heterocycles. The van der Waals surface area contributed by atoms with Crippen molar-refractivity contribution in [2.24, 2.45) is 5.92 Å². The van der Waals surface area contributed by atoms with Gasteiger partial charge in [0.15, 0.2) is 5.52 Å². The zero-order chi connectivity index (χ0) is 15.0. The van der Waals surface area contributed by atoms with Gasteiger partial charge in [0.1, 0.15) is 5.69 Å². The Hall–Kier alpha value is -2.22. The van der Waals surface area contributed by atoms with E-state index in [1.165, 1.54) is 11.3 Å². The predicted molar refractivity (Wildman–Crippen MR) is 78.8 cm³/mol. The summed E-state index contributed by atoms with van der Waals surface area (Å²) in [6.07, 6.45) is 1.32. The molecular formula is C13H13N3O4S. The van der Waals surface area contributed by atoms with E-state index in [0.29, 0.717) is 37.1 Å². The number of carbonyl (C=O) groups is 1. The molecule has 0 spiro atoms. The second-order valence-electron chi connectivity index (χ2n) is 5.01. The van der Waals surface area contributed by atoms with E-state index in [2.05, 4.69) is 4.98 Å². The fraction of sp³-hybridized carbons (Fsp3) is 0.385. The number of benzene rings is 1. The number of carboxylic acids is 1. The highest BCUT2D eigenvalue weighted by molar-refractivity contribution is 7.16. The van der Waals surface area contributed by atoms with E-state index in [4.69, 9.17) is 5.11 Å². The summed E-state index contributed by atoms with van der Waals surface area (Å²) in [5.41, 5.74) is 2.39. The number of anilines is 1. The molecular weight excluding hydrogens is 294 g/mol. The van der Waals surface area contributed by atoms with Crippen molar-refractivity contribution < 1.29 is 14.8 Å². The third-order valence-corrected chi connectivity index (χ3v) is 4.54. The second kappa shape index (κ2) is 5.28. The fourth-order valence-electron chi connectivity index (χ4n) is 2.74. The first kappa shape index (κ1) is 13.7. The highest BCUT2D eigenvalue weighted by Crippen LogP contribution is 2.38. The van der Waals surface area contributed by atoms with Crippen molar-refractivity contribution in [1.82, 2.24) is 4.98 Å². The minimum atomic E-state index is -0.850. The van der Waals surface area contributed by atoms with Crippen LogP contribution in [0.2, 0.25) is 0 Å². The number of piperidine rings is 1. The summed E-state index contributed by atoms with van der Waals surface area (Å²) in [7, 11) is 0. The van der Waals surface area contributed by atoms with Gasteiger partial charge in [-0.1, -0.05) is 0 Å². The first-order chi connectivity index (χ1) is 10.1. The lowest BCUT2D eigenvalue weighted by Gasteiger charge is -2.32. The van der Waals surface area contributed by atoms with Gasteiger partial charge in [-0.2, -0.15) is 0 Å². The summed E-state index contributed by atoms with van der Waals surface area (Å²) < 4.78 is 0.761. The van der Waals surface area contributed by atoms with E-state index in [0.717, 1.165) is 4.70 Å². The number of hydrogen-bond acceptors (Lipinski definition) is 6. The molecule has 0 saturated carbocycles. The van der Waals surface area contributed by atoms with Crippen LogP contribution in [0.1, 0.15) is 12.8 Å². The van der Waals surface area contributed by atoms with E-state index in [9.17, 15) is 14.9 Å². The minimum Gasteiger partial charge on any atom is -0.481 e. The van der Waals surface area contributed by atoms with Crippen molar-refractivity contribution in [2.45, 2.75) is 12.8 Å². The first-order valence-electron chi connectivity index (χ1n) is 6.56. The fourth-order valence-corrected chi connectivity index (χ4v) is 3.42. The average Bonchev–Trinajstić information content (AvgIpc) is 2.94. The van der Waals surface area contributed by atoms with E-state index in [1.807, 2.05) is 0 Å². The van der Waals surface area contributed by atoms with Gasteiger partial charge in [0.05, 0.1) is 21.1 Å². The van der Waals surface area contributed by atoms with Crippen molar-refractivity contribution in [3.8, 4) is 0 Å². The molecule has 2 heterocycles. The number of carboxylic acid groups (broad SMARTS) is 1. The van der Waals surface area contributed by atoms with Crippen LogP contribution in [0, 0.1) is 16.0 Å². The van der Waals surface area contributed by atoms with Gasteiger partial charge in [-0.15, -0.1) is 11.3 Å². The lowest BCUT2D eigenvalue weighted by Crippen LogP contribution is -2.39. The van der Waals surface area contributed by atoms with Gasteiger partial charge in [-0.25, -0.2) is 4.98 Å². The van der Waals surface area contributed by atoms with Gasteiger partial charge in [-0.05, 0) is 25.0 Å². The Morgan fingerprint density at radius 3 is 3.05 bits per heavy atom. The summed E-state index contributed by atoms with van der Waals surface area (Å²) in [4.78, 5) is 28.0. The second-order valence-corrected chi connectivity index (χ2v) is 5.90. The molecule has 7 nitrogen and oxygen atoms in total. The van der Waals surface area contributed by atoms with E-state index in [-0.39, 0.29) is 5.69 Å². The molecule has 1 atom stereocenters. The normalized spacial score (nSPS) is 18.9. The van der Waals surface area contributed by atoms with Gasteiger partial charge >= 0.3 is 11.7 Å². The zero-order valence-corrected chi connectivity index (χ0v) is 11.9. The number of aromatic nitrogens is 1. The molecule has 1 aliphatic heterocycles. The molecule has 1 N–H and O–H groups in total. The van der Waals surface area contributed by atoms with Crippen LogP contribution < -0.4 is 4.90 Å². The third kappa shape index (κ3) is 2.42. The average molecular weight is 307 g/mol. The third-order valence-electron chi connectivity index (χ3n) is 3.75. The molecule has 2 aromatic rings. The lowest BCUT2D eigenvalue weighted by molar-refractivity contribution is -0.382. The molecule has 3 rings (SSSR count). The van der Waals surface area contributed by atoms with Crippen molar-refractivity contribution in [2.75, 3.05) is 18.0 Å². The van der Waals surface area contributed by atoms with Gasteiger partial charge in [0.2, 0.25) is 0 Å². The topological polar surface area (TPSA) is 96.6 Å². The molecule has 0 bridgehead atoms. The largest absolute Gasteiger partial charge is 0.481 e. The zero-order valence-electron chi connectivity index (χ0n) is 11.1. The van der Waals surface area contributed by atoms with Crippen LogP contribution in [0.4, 0.5) is 11.4 Å². The predicted octanol–water partition coefficient (Wildman–Crippen LogP) is 2.51. The van der Waals surface area contributed by atoms with Crippen molar-refractivity contribution in [1.29, 1.82) is 0 Å². The molecule has 1 aliphatic rings. The highest BCUT2D eigenvalue weighted by Gasteiger charge is 2.30. The molecule has 1 fully saturated rings. The Morgan fingerprint density at radius 2 is 2.33 bits per heavy atom. The Balaban J connectivity index is 2.05. The van der Waals surface area contributed by atoms with Crippen LogP contribution in [0.15, 0.2) is 17.6 Å². The number of nitro groups is 1.